The van der Waals surface area contributed by atoms with Gasteiger partial charge in [0, 0.05) is 18.7 Å². The Balaban J connectivity index is 1.42. The van der Waals surface area contributed by atoms with E-state index in [1.54, 1.807) is 18.2 Å². The molecule has 7 nitrogen and oxygen atoms in total. The number of hydrogen-bond acceptors (Lipinski definition) is 4. The number of carbonyl (C=O) groups is 2. The lowest BCUT2D eigenvalue weighted by molar-refractivity contribution is -0.126. The molecule has 1 atom stereocenters. The Morgan fingerprint density at radius 3 is 2.41 bits per heavy atom. The van der Waals surface area contributed by atoms with Crippen molar-refractivity contribution in [2.24, 2.45) is 5.92 Å². The zero-order valence-corrected chi connectivity index (χ0v) is 17.9. The van der Waals surface area contributed by atoms with Crippen molar-refractivity contribution in [3.63, 3.8) is 0 Å². The maximum Gasteiger partial charge on any atom is 0.269 e. The highest BCUT2D eigenvalue weighted by Crippen LogP contribution is 2.26. The Labute approximate surface area is 185 Å². The molecule has 1 aliphatic heterocycles. The predicted octanol–water partition coefficient (Wildman–Crippen LogP) is 2.84. The lowest BCUT2D eigenvalue weighted by Crippen LogP contribution is -2.50. The van der Waals surface area contributed by atoms with Gasteiger partial charge in [-0.3, -0.25) is 20.4 Å². The maximum absolute atomic E-state index is 13.2. The molecule has 1 heterocycles. The Kier molecular flexibility index (Phi) is 6.20. The average molecular weight is 456 g/mol. The molecule has 0 spiro atoms. The molecule has 0 aromatic heterocycles. The molecule has 9 heteroatoms. The van der Waals surface area contributed by atoms with Gasteiger partial charge in [-0.1, -0.05) is 30.3 Å². The van der Waals surface area contributed by atoms with Crippen LogP contribution in [0.5, 0.6) is 0 Å². The van der Waals surface area contributed by atoms with Crippen LogP contribution in [0.4, 0.5) is 4.39 Å². The number of rotatable bonds is 4. The number of carbonyl (C=O) groups excluding carboxylic acids is 2. The third-order valence-electron chi connectivity index (χ3n) is 5.52. The summed E-state index contributed by atoms with van der Waals surface area (Å²) in [5, 5.41) is 1.77. The normalized spacial score (nSPS) is 17.1. The van der Waals surface area contributed by atoms with Crippen LogP contribution in [0, 0.1) is 11.7 Å². The quantitative estimate of drug-likeness (QED) is 0.592. The van der Waals surface area contributed by atoms with E-state index in [0.717, 1.165) is 22.9 Å². The molecular formula is C23H22FN3O4S. The van der Waals surface area contributed by atoms with Crippen molar-refractivity contribution in [1.82, 2.24) is 15.2 Å². The zero-order chi connectivity index (χ0) is 22.7. The molecule has 1 fully saturated rings. The van der Waals surface area contributed by atoms with Gasteiger partial charge in [-0.25, -0.2) is 12.8 Å². The molecule has 0 unspecified atom stereocenters. The summed E-state index contributed by atoms with van der Waals surface area (Å²) in [6.45, 7) is 0.342. The van der Waals surface area contributed by atoms with Crippen molar-refractivity contribution in [3.8, 4) is 0 Å². The topological polar surface area (TPSA) is 95.6 Å². The molecule has 4 rings (SSSR count). The number of fused-ring (bicyclic) bond motifs is 1. The fourth-order valence-electron chi connectivity index (χ4n) is 3.75. The number of amides is 2. The second-order valence-electron chi connectivity index (χ2n) is 7.66. The largest absolute Gasteiger partial charge is 0.273 e. The second kappa shape index (κ2) is 9.05. The minimum absolute atomic E-state index is 0.0212. The van der Waals surface area contributed by atoms with Crippen LogP contribution in [0.2, 0.25) is 0 Å². The van der Waals surface area contributed by atoms with E-state index < -0.39 is 33.6 Å². The number of nitrogens with zero attached hydrogens (tertiary/aromatic N) is 1. The van der Waals surface area contributed by atoms with Crippen molar-refractivity contribution >= 4 is 32.6 Å². The standard InChI is InChI=1S/C23H22FN3O4S/c24-20-10-7-17(8-11-20)22(28)25-26-23(29)19-6-3-13-27(15-19)32(30,31)21-12-9-16-4-1-2-5-18(16)14-21/h1-2,4-5,7-12,14,19H,3,6,13,15H2,(H,25,28)(H,26,29)/t19-/m0/s1. The fraction of sp³-hybridized carbons (Fsp3) is 0.217. The van der Waals surface area contributed by atoms with E-state index in [0.29, 0.717) is 19.4 Å². The number of benzene rings is 3. The van der Waals surface area contributed by atoms with E-state index in [2.05, 4.69) is 10.9 Å². The van der Waals surface area contributed by atoms with Gasteiger partial charge in [-0.05, 0) is 60.0 Å². The molecule has 166 valence electrons. The lowest BCUT2D eigenvalue weighted by atomic mass is 9.99. The highest BCUT2D eigenvalue weighted by molar-refractivity contribution is 7.89. The van der Waals surface area contributed by atoms with E-state index in [9.17, 15) is 22.4 Å². The van der Waals surface area contributed by atoms with Crippen LogP contribution in [0.25, 0.3) is 10.8 Å². The monoisotopic (exact) mass is 455 g/mol. The molecule has 2 amide bonds. The van der Waals surface area contributed by atoms with Gasteiger partial charge >= 0.3 is 0 Å². The summed E-state index contributed by atoms with van der Waals surface area (Å²) >= 11 is 0. The SMILES string of the molecule is O=C(NNC(=O)[C@H]1CCCN(S(=O)(=O)c2ccc3ccccc3c2)C1)c1ccc(F)cc1. The summed E-state index contributed by atoms with van der Waals surface area (Å²) in [6.07, 6.45) is 1.03. The summed E-state index contributed by atoms with van der Waals surface area (Å²) in [5.41, 5.74) is 4.83. The zero-order valence-electron chi connectivity index (χ0n) is 17.1. The number of sulfonamides is 1. The number of hydrogen-bond donors (Lipinski definition) is 2. The van der Waals surface area contributed by atoms with Crippen molar-refractivity contribution in [1.29, 1.82) is 0 Å². The Hall–Kier alpha value is -3.30. The van der Waals surface area contributed by atoms with Gasteiger partial charge in [-0.15, -0.1) is 0 Å². The fourth-order valence-corrected chi connectivity index (χ4v) is 5.31. The van der Waals surface area contributed by atoms with Crippen molar-refractivity contribution in [2.45, 2.75) is 17.7 Å². The minimum atomic E-state index is -3.77. The van der Waals surface area contributed by atoms with E-state index >= 15 is 0 Å². The molecule has 1 saturated heterocycles. The molecule has 32 heavy (non-hydrogen) atoms. The molecule has 0 bridgehead atoms. The smallest absolute Gasteiger partial charge is 0.269 e. The van der Waals surface area contributed by atoms with E-state index in [4.69, 9.17) is 0 Å². The van der Waals surface area contributed by atoms with Gasteiger partial charge in [0.15, 0.2) is 0 Å². The van der Waals surface area contributed by atoms with Gasteiger partial charge in [0.2, 0.25) is 15.9 Å². The van der Waals surface area contributed by atoms with Crippen LogP contribution in [0.1, 0.15) is 23.2 Å². The lowest BCUT2D eigenvalue weighted by Gasteiger charge is -2.31. The number of nitrogens with one attached hydrogen (secondary N) is 2. The number of halogens is 1. The number of hydrazine groups is 1. The Morgan fingerprint density at radius 2 is 1.66 bits per heavy atom. The highest BCUT2D eigenvalue weighted by atomic mass is 32.2. The first-order valence-electron chi connectivity index (χ1n) is 10.2. The average Bonchev–Trinajstić information content (AvgIpc) is 2.82. The molecule has 2 N–H and O–H groups in total. The van der Waals surface area contributed by atoms with Gasteiger partial charge < -0.3 is 0 Å². The summed E-state index contributed by atoms with van der Waals surface area (Å²) in [6, 6.07) is 17.4. The second-order valence-corrected chi connectivity index (χ2v) is 9.60. The predicted molar refractivity (Wildman–Crippen MR) is 117 cm³/mol. The van der Waals surface area contributed by atoms with Crippen LogP contribution >= 0.6 is 0 Å². The summed E-state index contributed by atoms with van der Waals surface area (Å²) in [5.74, 6) is -2.14. The van der Waals surface area contributed by atoms with Crippen molar-refractivity contribution in [3.05, 3.63) is 78.1 Å². The molecule has 0 saturated carbocycles. The third kappa shape index (κ3) is 4.63. The van der Waals surface area contributed by atoms with E-state index in [1.165, 1.54) is 16.4 Å². The van der Waals surface area contributed by atoms with E-state index in [1.807, 2.05) is 24.3 Å². The molecule has 3 aromatic rings. The van der Waals surface area contributed by atoms with Gasteiger partial charge in [0.1, 0.15) is 5.82 Å². The van der Waals surface area contributed by atoms with E-state index in [-0.39, 0.29) is 17.0 Å². The molecule has 0 radical (unpaired) electrons. The minimum Gasteiger partial charge on any atom is -0.273 e. The van der Waals surface area contributed by atoms with Crippen LogP contribution in [0.3, 0.4) is 0 Å². The molecular weight excluding hydrogens is 433 g/mol. The van der Waals surface area contributed by atoms with Gasteiger partial charge in [0.25, 0.3) is 5.91 Å². The van der Waals surface area contributed by atoms with Crippen LogP contribution in [-0.2, 0) is 14.8 Å². The van der Waals surface area contributed by atoms with Crippen LogP contribution < -0.4 is 10.9 Å². The van der Waals surface area contributed by atoms with Gasteiger partial charge in [-0.2, -0.15) is 4.31 Å². The summed E-state index contributed by atoms with van der Waals surface area (Å²) in [7, 11) is -3.77. The third-order valence-corrected chi connectivity index (χ3v) is 7.38. The van der Waals surface area contributed by atoms with Crippen molar-refractivity contribution < 1.29 is 22.4 Å². The van der Waals surface area contributed by atoms with Crippen LogP contribution in [0.15, 0.2) is 71.6 Å². The van der Waals surface area contributed by atoms with Crippen molar-refractivity contribution in [2.75, 3.05) is 13.1 Å². The first kappa shape index (κ1) is 21.9. The Morgan fingerprint density at radius 1 is 0.938 bits per heavy atom. The first-order chi connectivity index (χ1) is 15.3. The molecule has 0 aliphatic carbocycles. The highest BCUT2D eigenvalue weighted by Gasteiger charge is 2.33. The summed E-state index contributed by atoms with van der Waals surface area (Å²) in [4.78, 5) is 24.9. The number of piperidine rings is 1. The molecule has 3 aromatic carbocycles. The first-order valence-corrected chi connectivity index (χ1v) is 11.6. The van der Waals surface area contributed by atoms with Crippen LogP contribution in [-0.4, -0.2) is 37.6 Å². The molecule has 1 aliphatic rings. The summed E-state index contributed by atoms with van der Waals surface area (Å²) < 4.78 is 40.6. The Bertz CT molecular complexity index is 1260. The maximum atomic E-state index is 13.2. The van der Waals surface area contributed by atoms with Gasteiger partial charge in [0.05, 0.1) is 10.8 Å².